The maximum atomic E-state index is 13.0. The molecule has 0 saturated carbocycles. The van der Waals surface area contributed by atoms with Crippen molar-refractivity contribution in [2.24, 2.45) is 0 Å². The van der Waals surface area contributed by atoms with E-state index in [1.807, 2.05) is 0 Å². The van der Waals surface area contributed by atoms with E-state index < -0.39 is 23.4 Å². The van der Waals surface area contributed by atoms with Gasteiger partial charge in [-0.15, -0.1) is 0 Å². The monoisotopic (exact) mass is 379 g/mol. The molecular formula is C14H10Cl2F3N3O2. The van der Waals surface area contributed by atoms with Crippen LogP contribution in [0.4, 0.5) is 19.1 Å². The van der Waals surface area contributed by atoms with Crippen LogP contribution in [0.25, 0.3) is 0 Å². The summed E-state index contributed by atoms with van der Waals surface area (Å²) in [4.78, 5) is 18.4. The van der Waals surface area contributed by atoms with E-state index in [1.54, 1.807) is 12.1 Å². The smallest absolute Gasteiger partial charge is 0.434 e. The first-order valence-corrected chi connectivity index (χ1v) is 7.18. The second kappa shape index (κ2) is 7.23. The largest absolute Gasteiger partial charge is 0.465 e. The van der Waals surface area contributed by atoms with Crippen molar-refractivity contribution in [3.63, 3.8) is 0 Å². The summed E-state index contributed by atoms with van der Waals surface area (Å²) >= 11 is 11.7. The van der Waals surface area contributed by atoms with Gasteiger partial charge in [-0.3, -0.25) is 0 Å². The molecule has 1 aromatic carbocycles. The zero-order valence-electron chi connectivity index (χ0n) is 12.1. The SMILES string of the molecule is COC(=O)c1cnc(NCc2ccc(Cl)cc2Cl)nc1C(F)(F)F. The topological polar surface area (TPSA) is 64.1 Å². The van der Waals surface area contributed by atoms with Gasteiger partial charge in [0.05, 0.1) is 7.11 Å². The number of hydrogen-bond acceptors (Lipinski definition) is 5. The van der Waals surface area contributed by atoms with Gasteiger partial charge < -0.3 is 10.1 Å². The minimum Gasteiger partial charge on any atom is -0.465 e. The second-order valence-corrected chi connectivity index (χ2v) is 5.38. The van der Waals surface area contributed by atoms with Crippen molar-refractivity contribution in [1.29, 1.82) is 0 Å². The van der Waals surface area contributed by atoms with Gasteiger partial charge in [-0.05, 0) is 17.7 Å². The molecule has 24 heavy (non-hydrogen) atoms. The van der Waals surface area contributed by atoms with E-state index in [0.29, 0.717) is 15.6 Å². The third-order valence-electron chi connectivity index (χ3n) is 2.91. The Morgan fingerprint density at radius 1 is 1.33 bits per heavy atom. The molecule has 5 nitrogen and oxygen atoms in total. The quantitative estimate of drug-likeness (QED) is 0.806. The Hall–Kier alpha value is -2.06. The normalized spacial score (nSPS) is 11.2. The summed E-state index contributed by atoms with van der Waals surface area (Å²) in [5.74, 6) is -1.48. The Labute approximate surface area is 144 Å². The van der Waals surface area contributed by atoms with Gasteiger partial charge in [-0.2, -0.15) is 13.2 Å². The lowest BCUT2D eigenvalue weighted by Crippen LogP contribution is -2.18. The number of aromatic nitrogens is 2. The van der Waals surface area contributed by atoms with Crippen LogP contribution in [-0.4, -0.2) is 23.0 Å². The molecule has 0 radical (unpaired) electrons. The number of ether oxygens (including phenoxy) is 1. The first-order valence-electron chi connectivity index (χ1n) is 6.42. The van der Waals surface area contributed by atoms with E-state index in [0.717, 1.165) is 13.3 Å². The molecule has 1 N–H and O–H groups in total. The van der Waals surface area contributed by atoms with Crippen LogP contribution in [0.1, 0.15) is 21.6 Å². The highest BCUT2D eigenvalue weighted by Crippen LogP contribution is 2.31. The highest BCUT2D eigenvalue weighted by Gasteiger charge is 2.38. The summed E-state index contributed by atoms with van der Waals surface area (Å²) in [5.41, 5.74) is -1.55. The number of carbonyl (C=O) groups is 1. The molecule has 1 aromatic heterocycles. The first-order chi connectivity index (χ1) is 11.2. The lowest BCUT2D eigenvalue weighted by molar-refractivity contribution is -0.141. The molecule has 2 rings (SSSR count). The molecule has 128 valence electrons. The number of hydrogen-bond donors (Lipinski definition) is 1. The Kier molecular flexibility index (Phi) is 5.51. The molecule has 0 bridgehead atoms. The van der Waals surface area contributed by atoms with Crippen molar-refractivity contribution < 1.29 is 22.7 Å². The fraction of sp³-hybridized carbons (Fsp3) is 0.214. The fourth-order valence-corrected chi connectivity index (χ4v) is 2.26. The molecular weight excluding hydrogens is 370 g/mol. The zero-order chi connectivity index (χ0) is 17.9. The third-order valence-corrected chi connectivity index (χ3v) is 3.50. The van der Waals surface area contributed by atoms with E-state index >= 15 is 0 Å². The van der Waals surface area contributed by atoms with Crippen LogP contribution in [0, 0.1) is 0 Å². The molecule has 0 saturated heterocycles. The Morgan fingerprint density at radius 2 is 2.04 bits per heavy atom. The second-order valence-electron chi connectivity index (χ2n) is 4.53. The molecule has 10 heteroatoms. The molecule has 2 aromatic rings. The lowest BCUT2D eigenvalue weighted by atomic mass is 10.2. The standard InChI is InChI=1S/C14H10Cl2F3N3O2/c1-24-12(23)9-6-21-13(22-11(9)14(17,18)19)20-5-7-2-3-8(15)4-10(7)16/h2-4,6H,5H2,1H3,(H,20,21,22). The minimum absolute atomic E-state index is 0.0743. The van der Waals surface area contributed by atoms with Gasteiger partial charge in [0.1, 0.15) is 5.56 Å². The number of halogens is 5. The van der Waals surface area contributed by atoms with Gasteiger partial charge in [0, 0.05) is 22.8 Å². The van der Waals surface area contributed by atoms with Crippen LogP contribution in [-0.2, 0) is 17.5 Å². The highest BCUT2D eigenvalue weighted by molar-refractivity contribution is 6.35. The van der Waals surface area contributed by atoms with Crippen LogP contribution in [0.15, 0.2) is 24.4 Å². The van der Waals surface area contributed by atoms with Crippen LogP contribution in [0.5, 0.6) is 0 Å². The summed E-state index contributed by atoms with van der Waals surface area (Å²) < 4.78 is 43.4. The van der Waals surface area contributed by atoms with Gasteiger partial charge in [-0.1, -0.05) is 29.3 Å². The molecule has 1 heterocycles. The number of rotatable bonds is 4. The maximum Gasteiger partial charge on any atom is 0.434 e. The zero-order valence-corrected chi connectivity index (χ0v) is 13.6. The number of alkyl halides is 3. The van der Waals surface area contributed by atoms with Crippen molar-refractivity contribution in [3.8, 4) is 0 Å². The highest BCUT2D eigenvalue weighted by atomic mass is 35.5. The predicted molar refractivity (Wildman–Crippen MR) is 82.2 cm³/mol. The number of benzene rings is 1. The molecule has 0 aliphatic rings. The average molecular weight is 380 g/mol. The van der Waals surface area contributed by atoms with E-state index in [2.05, 4.69) is 20.0 Å². The fourth-order valence-electron chi connectivity index (χ4n) is 1.78. The van der Waals surface area contributed by atoms with Crippen molar-refractivity contribution in [1.82, 2.24) is 9.97 Å². The summed E-state index contributed by atoms with van der Waals surface area (Å²) in [6.45, 7) is 0.0743. The van der Waals surface area contributed by atoms with Crippen molar-refractivity contribution >= 4 is 35.1 Å². The Balaban J connectivity index is 2.27. The lowest BCUT2D eigenvalue weighted by Gasteiger charge is -2.12. The molecule has 0 aliphatic heterocycles. The molecule has 0 atom stereocenters. The molecule has 0 unspecified atom stereocenters. The number of nitrogens with one attached hydrogen (secondary N) is 1. The predicted octanol–water partition coefficient (Wildman–Crippen LogP) is 4.20. The number of anilines is 1. The van der Waals surface area contributed by atoms with E-state index in [9.17, 15) is 18.0 Å². The molecule has 0 spiro atoms. The molecule has 0 amide bonds. The van der Waals surface area contributed by atoms with Gasteiger partial charge >= 0.3 is 12.1 Å². The van der Waals surface area contributed by atoms with Crippen LogP contribution >= 0.6 is 23.2 Å². The first kappa shape index (κ1) is 18.3. The van der Waals surface area contributed by atoms with Crippen molar-refractivity contribution in [3.05, 3.63) is 51.3 Å². The van der Waals surface area contributed by atoms with Crippen molar-refractivity contribution in [2.45, 2.75) is 12.7 Å². The number of methoxy groups -OCH3 is 1. The maximum absolute atomic E-state index is 13.0. The van der Waals surface area contributed by atoms with Gasteiger partial charge in [-0.25, -0.2) is 14.8 Å². The van der Waals surface area contributed by atoms with E-state index in [1.165, 1.54) is 6.07 Å². The van der Waals surface area contributed by atoms with Crippen LogP contribution in [0.3, 0.4) is 0 Å². The number of nitrogens with zero attached hydrogens (tertiary/aromatic N) is 2. The number of carbonyl (C=O) groups excluding carboxylic acids is 1. The Morgan fingerprint density at radius 3 is 2.62 bits per heavy atom. The van der Waals surface area contributed by atoms with Crippen LogP contribution in [0.2, 0.25) is 10.0 Å². The Bertz CT molecular complexity index is 769. The molecule has 0 aliphatic carbocycles. The van der Waals surface area contributed by atoms with E-state index in [-0.39, 0.29) is 12.5 Å². The van der Waals surface area contributed by atoms with Crippen molar-refractivity contribution in [2.75, 3.05) is 12.4 Å². The average Bonchev–Trinajstić information content (AvgIpc) is 2.52. The summed E-state index contributed by atoms with van der Waals surface area (Å²) in [5, 5.41) is 3.39. The van der Waals surface area contributed by atoms with E-state index in [4.69, 9.17) is 23.2 Å². The van der Waals surface area contributed by atoms with Crippen LogP contribution < -0.4 is 5.32 Å². The minimum atomic E-state index is -4.83. The summed E-state index contributed by atoms with van der Waals surface area (Å²) in [6, 6.07) is 4.71. The summed E-state index contributed by atoms with van der Waals surface area (Å²) in [7, 11) is 0.969. The molecule has 0 fully saturated rings. The number of esters is 1. The summed E-state index contributed by atoms with van der Waals surface area (Å²) in [6.07, 6.45) is -4.08. The van der Waals surface area contributed by atoms with Gasteiger partial charge in [0.25, 0.3) is 0 Å². The van der Waals surface area contributed by atoms with Gasteiger partial charge in [0.15, 0.2) is 5.69 Å². The third kappa shape index (κ3) is 4.27. The van der Waals surface area contributed by atoms with Gasteiger partial charge in [0.2, 0.25) is 5.95 Å².